The van der Waals surface area contributed by atoms with Crippen LogP contribution in [0.4, 0.5) is 0 Å². The van der Waals surface area contributed by atoms with Gasteiger partial charge in [-0.2, -0.15) is 0 Å². The Balaban J connectivity index is 1.55. The second-order valence-electron chi connectivity index (χ2n) is 8.72. The Hall–Kier alpha value is -3.48. The molecule has 0 amide bonds. The fraction of sp³-hybridized carbons (Fsp3) is 0.286. The number of aliphatic hydroxyl groups is 1. The maximum atomic E-state index is 9.92. The molecule has 3 N–H and O–H groups in total. The van der Waals surface area contributed by atoms with E-state index >= 15 is 0 Å². The summed E-state index contributed by atoms with van der Waals surface area (Å²) < 4.78 is 16.9. The molecule has 0 radical (unpaired) electrons. The van der Waals surface area contributed by atoms with Crippen LogP contribution >= 0.6 is 0 Å². The summed E-state index contributed by atoms with van der Waals surface area (Å²) in [7, 11) is 1.80. The van der Waals surface area contributed by atoms with E-state index in [0.29, 0.717) is 18.2 Å². The molecule has 3 aromatic carbocycles. The molecule has 1 aliphatic heterocycles. The number of rotatable bonds is 9. The summed E-state index contributed by atoms with van der Waals surface area (Å²) in [6.07, 6.45) is 1.70. The van der Waals surface area contributed by atoms with Crippen molar-refractivity contribution >= 4 is 11.1 Å². The average Bonchev–Trinajstić information content (AvgIpc) is 3.58. The summed E-state index contributed by atoms with van der Waals surface area (Å²) in [4.78, 5) is 0. The van der Waals surface area contributed by atoms with E-state index < -0.39 is 6.10 Å². The zero-order valence-corrected chi connectivity index (χ0v) is 19.2. The molecule has 3 aromatic rings. The highest BCUT2D eigenvalue weighted by molar-refractivity contribution is 6.00. The van der Waals surface area contributed by atoms with E-state index in [2.05, 4.69) is 29.6 Å². The van der Waals surface area contributed by atoms with E-state index in [4.69, 9.17) is 14.2 Å². The first-order valence-corrected chi connectivity index (χ1v) is 11.6. The Morgan fingerprint density at radius 2 is 1.59 bits per heavy atom. The van der Waals surface area contributed by atoms with Crippen LogP contribution in [0.5, 0.6) is 23.0 Å². The maximum Gasteiger partial charge on any atom is 0.231 e. The third kappa shape index (κ3) is 4.88. The number of phenols is 1. The highest BCUT2D eigenvalue weighted by atomic mass is 16.7. The van der Waals surface area contributed by atoms with Gasteiger partial charge in [-0.15, -0.1) is 0 Å². The van der Waals surface area contributed by atoms with Gasteiger partial charge < -0.3 is 29.7 Å². The number of aliphatic hydroxyl groups excluding tert-OH is 1. The van der Waals surface area contributed by atoms with Gasteiger partial charge in [0, 0.05) is 6.54 Å². The van der Waals surface area contributed by atoms with Crippen molar-refractivity contribution in [3.8, 4) is 23.0 Å². The normalized spacial score (nSPS) is 16.2. The van der Waals surface area contributed by atoms with Gasteiger partial charge in [-0.25, -0.2) is 0 Å². The molecule has 1 fully saturated rings. The van der Waals surface area contributed by atoms with Crippen molar-refractivity contribution in [2.24, 2.45) is 5.92 Å². The van der Waals surface area contributed by atoms with Gasteiger partial charge in [-0.05, 0) is 90.0 Å². The fourth-order valence-electron chi connectivity index (χ4n) is 4.33. The van der Waals surface area contributed by atoms with E-state index in [1.54, 1.807) is 19.2 Å². The molecular formula is C28H29NO5. The summed E-state index contributed by atoms with van der Waals surface area (Å²) >= 11 is 0. The van der Waals surface area contributed by atoms with Crippen LogP contribution < -0.4 is 19.5 Å². The molecule has 5 rings (SSSR count). The van der Waals surface area contributed by atoms with Gasteiger partial charge in [-0.3, -0.25) is 0 Å². The third-order valence-corrected chi connectivity index (χ3v) is 6.12. The Morgan fingerprint density at radius 1 is 0.941 bits per heavy atom. The molecule has 0 saturated heterocycles. The Kier molecular flexibility index (Phi) is 6.43. The maximum absolute atomic E-state index is 9.92. The number of fused-ring (bicyclic) bond motifs is 1. The minimum absolute atomic E-state index is 0.228. The quantitative estimate of drug-likeness (QED) is 0.410. The standard InChI is InChI=1S/C28H29NO5/c1-29-15-23(31)16-32-24-11-6-20(7-12-24)27(19-4-9-22(30)10-5-19)28(18-2-3-18)21-8-13-25-26(14-21)34-17-33-25/h4-14,18,23,29-31H,2-3,15-17H2,1H3/b28-27+. The molecule has 0 aromatic heterocycles. The molecule has 1 unspecified atom stereocenters. The lowest BCUT2D eigenvalue weighted by Crippen LogP contribution is -2.29. The van der Waals surface area contributed by atoms with Gasteiger partial charge in [0.15, 0.2) is 11.5 Å². The minimum Gasteiger partial charge on any atom is -0.508 e. The van der Waals surface area contributed by atoms with Crippen LogP contribution in [-0.4, -0.2) is 43.3 Å². The number of allylic oxidation sites excluding steroid dienone is 1. The fourth-order valence-corrected chi connectivity index (χ4v) is 4.33. The molecular weight excluding hydrogens is 430 g/mol. The SMILES string of the molecule is CNCC(O)COc1ccc(/C(=C(/c2ccc3c(c2)OCO3)C2CC2)c2ccc(O)cc2)cc1. The zero-order valence-electron chi connectivity index (χ0n) is 19.2. The lowest BCUT2D eigenvalue weighted by molar-refractivity contribution is 0.108. The van der Waals surface area contributed by atoms with Crippen molar-refractivity contribution < 1.29 is 24.4 Å². The van der Waals surface area contributed by atoms with E-state index in [9.17, 15) is 10.2 Å². The number of aromatic hydroxyl groups is 1. The minimum atomic E-state index is -0.565. The van der Waals surface area contributed by atoms with Gasteiger partial charge in [-0.1, -0.05) is 30.3 Å². The molecule has 6 nitrogen and oxygen atoms in total. The monoisotopic (exact) mass is 459 g/mol. The number of nitrogens with one attached hydrogen (secondary N) is 1. The van der Waals surface area contributed by atoms with Crippen LogP contribution in [0.3, 0.4) is 0 Å². The molecule has 6 heteroatoms. The molecule has 0 bridgehead atoms. The molecule has 34 heavy (non-hydrogen) atoms. The van der Waals surface area contributed by atoms with Crippen LogP contribution in [-0.2, 0) is 0 Å². The van der Waals surface area contributed by atoms with Crippen molar-refractivity contribution in [1.29, 1.82) is 0 Å². The van der Waals surface area contributed by atoms with Gasteiger partial charge in [0.1, 0.15) is 24.2 Å². The second kappa shape index (κ2) is 9.79. The average molecular weight is 460 g/mol. The Bertz CT molecular complexity index is 1170. The van der Waals surface area contributed by atoms with E-state index in [1.807, 2.05) is 30.3 Å². The second-order valence-corrected chi connectivity index (χ2v) is 8.72. The van der Waals surface area contributed by atoms with Gasteiger partial charge >= 0.3 is 0 Å². The summed E-state index contributed by atoms with van der Waals surface area (Å²) in [6.45, 7) is 0.952. The molecule has 0 spiro atoms. The number of likely N-dealkylation sites (N-methyl/N-ethyl adjacent to an activating group) is 1. The van der Waals surface area contributed by atoms with Crippen molar-refractivity contribution in [3.05, 3.63) is 83.4 Å². The number of phenolic OH excluding ortho intramolecular Hbond substituents is 1. The summed E-state index contributed by atoms with van der Waals surface area (Å²) in [5, 5.41) is 22.7. The predicted octanol–water partition coefficient (Wildman–Crippen LogP) is 4.45. The van der Waals surface area contributed by atoms with Crippen molar-refractivity contribution in [2.45, 2.75) is 18.9 Å². The van der Waals surface area contributed by atoms with Gasteiger partial charge in [0.25, 0.3) is 0 Å². The summed E-state index contributed by atoms with van der Waals surface area (Å²) in [5.41, 5.74) is 5.61. The van der Waals surface area contributed by atoms with E-state index in [1.165, 1.54) is 5.57 Å². The van der Waals surface area contributed by atoms with Gasteiger partial charge in [0.2, 0.25) is 6.79 Å². The predicted molar refractivity (Wildman–Crippen MR) is 131 cm³/mol. The molecule has 176 valence electrons. The zero-order chi connectivity index (χ0) is 23.5. The number of benzene rings is 3. The lowest BCUT2D eigenvalue weighted by atomic mass is 9.87. The molecule has 1 saturated carbocycles. The first kappa shape index (κ1) is 22.3. The smallest absolute Gasteiger partial charge is 0.231 e. The van der Waals surface area contributed by atoms with Crippen molar-refractivity contribution in [3.63, 3.8) is 0 Å². The first-order valence-electron chi connectivity index (χ1n) is 11.6. The van der Waals surface area contributed by atoms with E-state index in [-0.39, 0.29) is 19.1 Å². The molecule has 1 atom stereocenters. The molecule has 2 aliphatic rings. The number of hydrogen-bond donors (Lipinski definition) is 3. The summed E-state index contributed by atoms with van der Waals surface area (Å²) in [6, 6.07) is 21.5. The van der Waals surface area contributed by atoms with Crippen LogP contribution in [0, 0.1) is 5.92 Å². The lowest BCUT2D eigenvalue weighted by Gasteiger charge is -2.18. The van der Waals surface area contributed by atoms with Crippen molar-refractivity contribution in [1.82, 2.24) is 5.32 Å². The van der Waals surface area contributed by atoms with E-state index in [0.717, 1.165) is 46.6 Å². The topological polar surface area (TPSA) is 80.2 Å². The Morgan fingerprint density at radius 3 is 2.26 bits per heavy atom. The summed E-state index contributed by atoms with van der Waals surface area (Å²) in [5.74, 6) is 2.94. The van der Waals surface area contributed by atoms with Crippen LogP contribution in [0.15, 0.2) is 66.7 Å². The number of hydrogen-bond acceptors (Lipinski definition) is 6. The number of ether oxygens (including phenoxy) is 3. The largest absolute Gasteiger partial charge is 0.508 e. The van der Waals surface area contributed by atoms with Crippen molar-refractivity contribution in [2.75, 3.05) is 27.0 Å². The van der Waals surface area contributed by atoms with Crippen LogP contribution in [0.25, 0.3) is 11.1 Å². The Labute approximate surface area is 199 Å². The van der Waals surface area contributed by atoms with Crippen LogP contribution in [0.1, 0.15) is 29.5 Å². The highest BCUT2D eigenvalue weighted by Gasteiger charge is 2.31. The molecule has 1 aliphatic carbocycles. The van der Waals surface area contributed by atoms with Gasteiger partial charge in [0.05, 0.1) is 0 Å². The third-order valence-electron chi connectivity index (χ3n) is 6.12. The first-order chi connectivity index (χ1) is 16.6. The molecule has 1 heterocycles. The highest BCUT2D eigenvalue weighted by Crippen LogP contribution is 2.49. The van der Waals surface area contributed by atoms with Crippen LogP contribution in [0.2, 0.25) is 0 Å².